The highest BCUT2D eigenvalue weighted by Crippen LogP contribution is 2.08. The van der Waals surface area contributed by atoms with Crippen LogP contribution < -0.4 is 10.4 Å². The normalized spacial score (nSPS) is 16.6. The van der Waals surface area contributed by atoms with Gasteiger partial charge < -0.3 is 5.21 Å². The Morgan fingerprint density at radius 2 is 1.94 bits per heavy atom. The molecule has 2 nitrogen and oxygen atoms in total. The average molecular weight is 209 g/mol. The fourth-order valence-corrected chi connectivity index (χ4v) is 2.16. The van der Waals surface area contributed by atoms with Crippen molar-refractivity contribution in [2.45, 2.75) is 6.42 Å². The molecule has 2 heteroatoms. The van der Waals surface area contributed by atoms with Gasteiger partial charge in [0.2, 0.25) is 0 Å². The predicted octanol–water partition coefficient (Wildman–Crippen LogP) is 1.63. The molecule has 1 N–H and O–H groups in total. The van der Waals surface area contributed by atoms with Crippen LogP contribution in [-0.2, 0) is 0 Å². The fraction of sp³-hybridized carbons (Fsp3) is 0.0714. The zero-order chi connectivity index (χ0) is 11.0. The van der Waals surface area contributed by atoms with Gasteiger partial charge in [-0.1, -0.05) is 47.6 Å². The van der Waals surface area contributed by atoms with Gasteiger partial charge in [0.15, 0.2) is 0 Å². The van der Waals surface area contributed by atoms with Crippen molar-refractivity contribution in [1.82, 2.24) is 0 Å². The SMILES string of the molecule is ON=C1C=c2c(ccc3ccccc23)=CC1. The summed E-state index contributed by atoms with van der Waals surface area (Å²) in [6, 6.07) is 12.5. The van der Waals surface area contributed by atoms with Gasteiger partial charge in [-0.25, -0.2) is 0 Å². The minimum Gasteiger partial charge on any atom is -0.411 e. The number of rotatable bonds is 0. The van der Waals surface area contributed by atoms with Crippen LogP contribution in [0.1, 0.15) is 6.42 Å². The van der Waals surface area contributed by atoms with Gasteiger partial charge in [-0.2, -0.15) is 0 Å². The van der Waals surface area contributed by atoms with E-state index in [1.54, 1.807) is 0 Å². The molecule has 0 radical (unpaired) electrons. The lowest BCUT2D eigenvalue weighted by Gasteiger charge is -2.05. The molecule has 1 aliphatic carbocycles. The van der Waals surface area contributed by atoms with Crippen LogP contribution in [0.2, 0.25) is 0 Å². The van der Waals surface area contributed by atoms with Gasteiger partial charge in [-0.05, 0) is 27.3 Å². The first kappa shape index (κ1) is 9.16. The predicted molar refractivity (Wildman–Crippen MR) is 66.0 cm³/mol. The summed E-state index contributed by atoms with van der Waals surface area (Å²) in [7, 11) is 0. The van der Waals surface area contributed by atoms with Crippen LogP contribution in [0.25, 0.3) is 22.9 Å². The van der Waals surface area contributed by atoms with Crippen LogP contribution in [0.15, 0.2) is 41.6 Å². The van der Waals surface area contributed by atoms with Crippen molar-refractivity contribution < 1.29 is 5.21 Å². The van der Waals surface area contributed by atoms with Crippen LogP contribution in [0.5, 0.6) is 0 Å². The molecule has 0 saturated heterocycles. The number of fused-ring (bicyclic) bond motifs is 3. The van der Waals surface area contributed by atoms with E-state index in [0.29, 0.717) is 12.1 Å². The summed E-state index contributed by atoms with van der Waals surface area (Å²) >= 11 is 0. The summed E-state index contributed by atoms with van der Waals surface area (Å²) in [6.45, 7) is 0. The minimum atomic E-state index is 0.696. The van der Waals surface area contributed by atoms with Crippen molar-refractivity contribution in [3.05, 3.63) is 46.8 Å². The Morgan fingerprint density at radius 1 is 1.06 bits per heavy atom. The van der Waals surface area contributed by atoms with Gasteiger partial charge in [-0.3, -0.25) is 0 Å². The van der Waals surface area contributed by atoms with Crippen molar-refractivity contribution in [3.63, 3.8) is 0 Å². The molecule has 2 aromatic rings. The third-order valence-corrected chi connectivity index (χ3v) is 2.97. The first-order chi connectivity index (χ1) is 7.88. The molecule has 0 bridgehead atoms. The van der Waals surface area contributed by atoms with Crippen molar-refractivity contribution in [2.24, 2.45) is 5.16 Å². The van der Waals surface area contributed by atoms with Crippen LogP contribution in [-0.4, -0.2) is 10.9 Å². The highest BCUT2D eigenvalue weighted by molar-refractivity contribution is 6.14. The number of benzene rings is 2. The molecule has 0 heterocycles. The Hall–Kier alpha value is -2.09. The summed E-state index contributed by atoms with van der Waals surface area (Å²) in [4.78, 5) is 0. The molecule has 3 rings (SSSR count). The van der Waals surface area contributed by atoms with Gasteiger partial charge in [0, 0.05) is 6.42 Å². The van der Waals surface area contributed by atoms with Gasteiger partial charge in [0.05, 0.1) is 5.71 Å². The molecule has 0 amide bonds. The second-order valence-corrected chi connectivity index (χ2v) is 3.93. The Kier molecular flexibility index (Phi) is 2.00. The zero-order valence-corrected chi connectivity index (χ0v) is 8.72. The molecule has 0 aromatic heterocycles. The third kappa shape index (κ3) is 1.31. The van der Waals surface area contributed by atoms with Gasteiger partial charge in [-0.15, -0.1) is 0 Å². The van der Waals surface area contributed by atoms with Crippen molar-refractivity contribution >= 4 is 28.6 Å². The molecule has 16 heavy (non-hydrogen) atoms. The summed E-state index contributed by atoms with van der Waals surface area (Å²) in [5.41, 5.74) is 0.712. The number of nitrogens with zero attached hydrogens (tertiary/aromatic N) is 1. The second kappa shape index (κ2) is 3.49. The van der Waals surface area contributed by atoms with Crippen LogP contribution in [0, 0.1) is 0 Å². The third-order valence-electron chi connectivity index (χ3n) is 2.97. The minimum absolute atomic E-state index is 0.696. The van der Waals surface area contributed by atoms with Crippen molar-refractivity contribution in [3.8, 4) is 0 Å². The van der Waals surface area contributed by atoms with Gasteiger partial charge >= 0.3 is 0 Å². The number of hydrogen-bond acceptors (Lipinski definition) is 2. The Balaban J connectivity index is 2.51. The first-order valence-corrected chi connectivity index (χ1v) is 5.29. The topological polar surface area (TPSA) is 32.6 Å². The molecule has 0 saturated carbocycles. The van der Waals surface area contributed by atoms with Gasteiger partial charge in [0.1, 0.15) is 0 Å². The standard InChI is InChI=1S/C14H11NO/c16-15-12-8-7-11-6-5-10-3-1-2-4-13(10)14(11)9-12/h1-7,9,16H,8H2. The highest BCUT2D eigenvalue weighted by Gasteiger charge is 2.03. The van der Waals surface area contributed by atoms with Crippen molar-refractivity contribution in [1.29, 1.82) is 0 Å². The van der Waals surface area contributed by atoms with Gasteiger partial charge in [0.25, 0.3) is 0 Å². The molecule has 78 valence electrons. The maximum absolute atomic E-state index is 8.83. The lowest BCUT2D eigenvalue weighted by atomic mass is 10.0. The monoisotopic (exact) mass is 209 g/mol. The molecule has 2 aromatic carbocycles. The lowest BCUT2D eigenvalue weighted by molar-refractivity contribution is 0.319. The molecule has 1 aliphatic rings. The number of oxime groups is 1. The fourth-order valence-electron chi connectivity index (χ4n) is 2.16. The molecule has 0 fully saturated rings. The van der Waals surface area contributed by atoms with Crippen LogP contribution in [0.4, 0.5) is 0 Å². The van der Waals surface area contributed by atoms with Crippen LogP contribution in [0.3, 0.4) is 0 Å². The van der Waals surface area contributed by atoms with E-state index in [9.17, 15) is 0 Å². The zero-order valence-electron chi connectivity index (χ0n) is 8.72. The molecule has 0 atom stereocenters. The van der Waals surface area contributed by atoms with E-state index in [1.807, 2.05) is 18.2 Å². The summed E-state index contributed by atoms with van der Waals surface area (Å²) in [6.07, 6.45) is 4.75. The molecule has 0 unspecified atom stereocenters. The summed E-state index contributed by atoms with van der Waals surface area (Å²) in [5, 5.41) is 16.9. The van der Waals surface area contributed by atoms with Crippen molar-refractivity contribution in [2.75, 3.05) is 0 Å². The van der Waals surface area contributed by atoms with E-state index in [2.05, 4.69) is 35.5 Å². The van der Waals surface area contributed by atoms with E-state index in [1.165, 1.54) is 16.0 Å². The average Bonchev–Trinajstić information content (AvgIpc) is 2.38. The largest absolute Gasteiger partial charge is 0.411 e. The molecular formula is C14H11NO. The Labute approximate surface area is 92.8 Å². The van der Waals surface area contributed by atoms with E-state index < -0.39 is 0 Å². The molecular weight excluding hydrogens is 198 g/mol. The summed E-state index contributed by atoms with van der Waals surface area (Å²) in [5.74, 6) is 0. The maximum Gasteiger partial charge on any atom is 0.0839 e. The lowest BCUT2D eigenvalue weighted by Crippen LogP contribution is -2.29. The van der Waals surface area contributed by atoms with E-state index in [0.717, 1.165) is 5.22 Å². The molecule has 0 aliphatic heterocycles. The van der Waals surface area contributed by atoms with Crippen LogP contribution >= 0.6 is 0 Å². The molecule has 0 spiro atoms. The second-order valence-electron chi connectivity index (χ2n) is 3.93. The highest BCUT2D eigenvalue weighted by atomic mass is 16.4. The van der Waals surface area contributed by atoms with E-state index in [-0.39, 0.29) is 0 Å². The quantitative estimate of drug-likeness (QED) is 0.519. The summed E-state index contributed by atoms with van der Waals surface area (Å²) < 4.78 is 0. The van der Waals surface area contributed by atoms with E-state index >= 15 is 0 Å². The number of hydrogen-bond donors (Lipinski definition) is 1. The Morgan fingerprint density at radius 3 is 2.81 bits per heavy atom. The smallest absolute Gasteiger partial charge is 0.0839 e. The maximum atomic E-state index is 8.83. The van der Waals surface area contributed by atoms with E-state index in [4.69, 9.17) is 5.21 Å². The first-order valence-electron chi connectivity index (χ1n) is 5.29. The Bertz CT molecular complexity index is 698.